The Morgan fingerprint density at radius 2 is 1.90 bits per heavy atom. The third kappa shape index (κ3) is 5.36. The first-order chi connectivity index (χ1) is 9.49. The van der Waals surface area contributed by atoms with Gasteiger partial charge in [-0.3, -0.25) is 0 Å². The number of hydrogen-bond acceptors (Lipinski definition) is 4. The summed E-state index contributed by atoms with van der Waals surface area (Å²) in [6.07, 6.45) is -4.47. The van der Waals surface area contributed by atoms with E-state index in [0.717, 1.165) is 6.07 Å². The summed E-state index contributed by atoms with van der Waals surface area (Å²) < 4.78 is 53.2. The Labute approximate surface area is 115 Å². The van der Waals surface area contributed by atoms with Crippen LogP contribution in [-0.2, 0) is 22.2 Å². The van der Waals surface area contributed by atoms with Gasteiger partial charge in [-0.25, -0.2) is 0 Å². The molecule has 1 aromatic rings. The molecule has 20 heavy (non-hydrogen) atoms. The topological polar surface area (TPSA) is 39.7 Å². The highest BCUT2D eigenvalue weighted by molar-refractivity contribution is 5.39. The van der Waals surface area contributed by atoms with Gasteiger partial charge in [0.15, 0.2) is 6.79 Å². The summed E-state index contributed by atoms with van der Waals surface area (Å²) in [4.78, 5) is 0. The summed E-state index contributed by atoms with van der Waals surface area (Å²) >= 11 is 0. The van der Waals surface area contributed by atoms with Crippen molar-refractivity contribution in [3.63, 3.8) is 0 Å². The normalized spacial score (nSPS) is 11.7. The molecule has 0 unspecified atom stereocenters. The number of methoxy groups -OCH3 is 2. The number of nitrogens with one attached hydrogen (secondary N) is 1. The Kier molecular flexibility index (Phi) is 6.77. The molecule has 0 aliphatic rings. The fourth-order valence-electron chi connectivity index (χ4n) is 1.56. The Balaban J connectivity index is 2.79. The standard InChI is InChI=1S/C13H18F3NO3/c1-18-6-5-17-8-10-3-4-12(20-9-19-2)11(7-10)13(14,15)16/h3-4,7,17H,5-6,8-9H2,1-2H3. The highest BCUT2D eigenvalue weighted by Crippen LogP contribution is 2.36. The van der Waals surface area contributed by atoms with Gasteiger partial charge in [0.25, 0.3) is 0 Å². The van der Waals surface area contributed by atoms with Gasteiger partial charge in [-0.15, -0.1) is 0 Å². The molecule has 0 radical (unpaired) electrons. The summed E-state index contributed by atoms with van der Waals surface area (Å²) in [7, 11) is 2.91. The average Bonchev–Trinajstić information content (AvgIpc) is 2.41. The van der Waals surface area contributed by atoms with Crippen molar-refractivity contribution in [3.8, 4) is 5.75 Å². The molecule has 0 heterocycles. The van der Waals surface area contributed by atoms with Crippen LogP contribution in [0.1, 0.15) is 11.1 Å². The zero-order chi connectivity index (χ0) is 15.0. The first-order valence-electron chi connectivity index (χ1n) is 6.00. The number of halogens is 3. The Morgan fingerprint density at radius 3 is 2.50 bits per heavy atom. The van der Waals surface area contributed by atoms with Crippen LogP contribution in [0.5, 0.6) is 5.75 Å². The van der Waals surface area contributed by atoms with E-state index in [9.17, 15) is 13.2 Å². The number of alkyl halides is 3. The van der Waals surface area contributed by atoms with E-state index in [-0.39, 0.29) is 12.5 Å². The molecule has 0 aromatic heterocycles. The molecule has 1 aromatic carbocycles. The molecule has 1 N–H and O–H groups in total. The van der Waals surface area contributed by atoms with E-state index in [1.165, 1.54) is 13.2 Å². The van der Waals surface area contributed by atoms with Crippen LogP contribution in [-0.4, -0.2) is 34.2 Å². The maximum Gasteiger partial charge on any atom is 0.419 e. The summed E-state index contributed by atoms with van der Waals surface area (Å²) in [6, 6.07) is 3.96. The van der Waals surface area contributed by atoms with E-state index in [0.29, 0.717) is 25.3 Å². The zero-order valence-corrected chi connectivity index (χ0v) is 11.4. The SMILES string of the molecule is COCCNCc1ccc(OCOC)c(C(F)(F)F)c1. The van der Waals surface area contributed by atoms with Crippen LogP contribution in [0.3, 0.4) is 0 Å². The highest BCUT2D eigenvalue weighted by atomic mass is 19.4. The van der Waals surface area contributed by atoms with Crippen LogP contribution in [0.15, 0.2) is 18.2 Å². The Bertz CT molecular complexity index is 410. The van der Waals surface area contributed by atoms with Gasteiger partial charge in [0.05, 0.1) is 12.2 Å². The molecule has 114 valence electrons. The van der Waals surface area contributed by atoms with Crippen LogP contribution in [0, 0.1) is 0 Å². The number of hydrogen-bond donors (Lipinski definition) is 1. The second-order valence-electron chi connectivity index (χ2n) is 4.05. The molecule has 0 spiro atoms. The molecule has 0 bridgehead atoms. The number of rotatable bonds is 8. The molecule has 0 amide bonds. The molecular formula is C13H18F3NO3. The van der Waals surface area contributed by atoms with E-state index < -0.39 is 11.7 Å². The third-order valence-electron chi connectivity index (χ3n) is 2.49. The predicted octanol–water partition coefficient (Wildman–Crippen LogP) is 2.42. The minimum Gasteiger partial charge on any atom is -0.467 e. The van der Waals surface area contributed by atoms with E-state index in [1.54, 1.807) is 13.2 Å². The molecule has 1 rings (SSSR count). The smallest absolute Gasteiger partial charge is 0.419 e. The van der Waals surface area contributed by atoms with Crippen molar-refractivity contribution in [2.75, 3.05) is 34.2 Å². The molecule has 0 atom stereocenters. The molecule has 4 nitrogen and oxygen atoms in total. The van der Waals surface area contributed by atoms with Crippen molar-refractivity contribution in [2.24, 2.45) is 0 Å². The second-order valence-corrected chi connectivity index (χ2v) is 4.05. The van der Waals surface area contributed by atoms with Crippen molar-refractivity contribution >= 4 is 0 Å². The lowest BCUT2D eigenvalue weighted by atomic mass is 10.1. The van der Waals surface area contributed by atoms with Crippen molar-refractivity contribution in [2.45, 2.75) is 12.7 Å². The first-order valence-corrected chi connectivity index (χ1v) is 6.00. The second kappa shape index (κ2) is 8.08. The molecule has 0 aliphatic carbocycles. The van der Waals surface area contributed by atoms with Gasteiger partial charge >= 0.3 is 6.18 Å². The lowest BCUT2D eigenvalue weighted by molar-refractivity contribution is -0.139. The van der Waals surface area contributed by atoms with Gasteiger partial charge < -0.3 is 19.5 Å². The predicted molar refractivity (Wildman–Crippen MR) is 67.5 cm³/mol. The molecular weight excluding hydrogens is 275 g/mol. The van der Waals surface area contributed by atoms with Gasteiger partial charge in [-0.1, -0.05) is 6.07 Å². The van der Waals surface area contributed by atoms with Gasteiger partial charge in [-0.05, 0) is 17.7 Å². The van der Waals surface area contributed by atoms with Gasteiger partial charge in [0.1, 0.15) is 5.75 Å². The van der Waals surface area contributed by atoms with Gasteiger partial charge in [0, 0.05) is 27.3 Å². The van der Waals surface area contributed by atoms with Crippen LogP contribution >= 0.6 is 0 Å². The lowest BCUT2D eigenvalue weighted by Gasteiger charge is -2.15. The molecule has 0 saturated heterocycles. The molecule has 0 aliphatic heterocycles. The van der Waals surface area contributed by atoms with E-state index in [4.69, 9.17) is 9.47 Å². The number of benzene rings is 1. The van der Waals surface area contributed by atoms with Crippen molar-refractivity contribution in [1.29, 1.82) is 0 Å². The van der Waals surface area contributed by atoms with Crippen molar-refractivity contribution < 1.29 is 27.4 Å². The lowest BCUT2D eigenvalue weighted by Crippen LogP contribution is -2.19. The van der Waals surface area contributed by atoms with Crippen LogP contribution in [0.25, 0.3) is 0 Å². The zero-order valence-electron chi connectivity index (χ0n) is 11.4. The first kappa shape index (κ1) is 16.7. The fraction of sp³-hybridized carbons (Fsp3) is 0.538. The van der Waals surface area contributed by atoms with Crippen LogP contribution in [0.4, 0.5) is 13.2 Å². The molecule has 7 heteroatoms. The third-order valence-corrected chi connectivity index (χ3v) is 2.49. The summed E-state index contributed by atoms with van der Waals surface area (Å²) in [5.41, 5.74) is -0.279. The maximum absolute atomic E-state index is 12.9. The van der Waals surface area contributed by atoms with Crippen LogP contribution < -0.4 is 10.1 Å². The Morgan fingerprint density at radius 1 is 1.15 bits per heavy atom. The van der Waals surface area contributed by atoms with Gasteiger partial charge in [-0.2, -0.15) is 13.2 Å². The van der Waals surface area contributed by atoms with E-state index in [1.807, 2.05) is 0 Å². The largest absolute Gasteiger partial charge is 0.467 e. The van der Waals surface area contributed by atoms with Crippen molar-refractivity contribution in [1.82, 2.24) is 5.32 Å². The van der Waals surface area contributed by atoms with E-state index >= 15 is 0 Å². The van der Waals surface area contributed by atoms with Crippen LogP contribution in [0.2, 0.25) is 0 Å². The minimum absolute atomic E-state index is 0.228. The number of ether oxygens (including phenoxy) is 3. The monoisotopic (exact) mass is 293 g/mol. The summed E-state index contributed by atoms with van der Waals surface area (Å²) in [5.74, 6) is -0.236. The minimum atomic E-state index is -4.47. The quantitative estimate of drug-likeness (QED) is 0.590. The van der Waals surface area contributed by atoms with E-state index in [2.05, 4.69) is 10.1 Å². The summed E-state index contributed by atoms with van der Waals surface area (Å²) in [6.45, 7) is 1.17. The van der Waals surface area contributed by atoms with Crippen molar-refractivity contribution in [3.05, 3.63) is 29.3 Å². The fourth-order valence-corrected chi connectivity index (χ4v) is 1.56. The average molecular weight is 293 g/mol. The molecule has 0 saturated carbocycles. The van der Waals surface area contributed by atoms with Gasteiger partial charge in [0.2, 0.25) is 0 Å². The maximum atomic E-state index is 12.9. The highest BCUT2D eigenvalue weighted by Gasteiger charge is 2.34. The molecule has 0 fully saturated rings. The summed E-state index contributed by atoms with van der Waals surface area (Å²) in [5, 5.41) is 2.99. The Hall–Kier alpha value is -1.31.